The SMILES string of the molecule is C[C@@H](C(=O)N[C@@H](CCCN=C(N)N)C(=O)Oc1cccc2ccccc12)N(C(=O)[C@@H]1CCCN1)c1ccccc1. The third-order valence-electron chi connectivity index (χ3n) is 6.90. The number of rotatable bonds is 11. The second-order valence-corrected chi connectivity index (χ2v) is 9.78. The molecule has 0 unspecified atom stereocenters. The van der Waals surface area contributed by atoms with E-state index in [0.29, 0.717) is 24.3 Å². The van der Waals surface area contributed by atoms with E-state index < -0.39 is 24.0 Å². The lowest BCUT2D eigenvalue weighted by Gasteiger charge is -2.31. The Bertz CT molecular complexity index is 1350. The normalized spacial score (nSPS) is 16.1. The van der Waals surface area contributed by atoms with Gasteiger partial charge in [-0.2, -0.15) is 0 Å². The molecule has 1 heterocycles. The second-order valence-electron chi connectivity index (χ2n) is 9.78. The molecule has 4 rings (SSSR count). The van der Waals surface area contributed by atoms with Crippen molar-refractivity contribution in [2.75, 3.05) is 18.0 Å². The summed E-state index contributed by atoms with van der Waals surface area (Å²) in [5, 5.41) is 7.75. The molecule has 3 aromatic carbocycles. The molecule has 210 valence electrons. The number of ether oxygens (including phenoxy) is 1. The second kappa shape index (κ2) is 13.6. The quantitative estimate of drug-likeness (QED) is 0.0951. The average molecular weight is 545 g/mol. The van der Waals surface area contributed by atoms with Crippen LogP contribution in [0.2, 0.25) is 0 Å². The van der Waals surface area contributed by atoms with Crippen LogP contribution in [0.25, 0.3) is 10.8 Å². The van der Waals surface area contributed by atoms with E-state index in [0.717, 1.165) is 23.7 Å². The van der Waals surface area contributed by atoms with Gasteiger partial charge < -0.3 is 26.8 Å². The van der Waals surface area contributed by atoms with Crippen molar-refractivity contribution in [1.29, 1.82) is 0 Å². The molecule has 6 N–H and O–H groups in total. The van der Waals surface area contributed by atoms with Crippen molar-refractivity contribution < 1.29 is 19.1 Å². The van der Waals surface area contributed by atoms with Crippen LogP contribution in [0.5, 0.6) is 5.75 Å². The van der Waals surface area contributed by atoms with Gasteiger partial charge in [0.15, 0.2) is 5.96 Å². The molecule has 40 heavy (non-hydrogen) atoms. The van der Waals surface area contributed by atoms with Gasteiger partial charge >= 0.3 is 5.97 Å². The van der Waals surface area contributed by atoms with Crippen molar-refractivity contribution in [2.45, 2.75) is 50.7 Å². The molecule has 1 aliphatic rings. The summed E-state index contributed by atoms with van der Waals surface area (Å²) >= 11 is 0. The first-order chi connectivity index (χ1) is 19.3. The van der Waals surface area contributed by atoms with Gasteiger partial charge in [0.2, 0.25) is 11.8 Å². The molecule has 1 aliphatic heterocycles. The summed E-state index contributed by atoms with van der Waals surface area (Å²) in [5.41, 5.74) is 11.5. The Hall–Kier alpha value is -4.44. The minimum absolute atomic E-state index is 0.0509. The Morgan fingerprint density at radius 3 is 2.50 bits per heavy atom. The van der Waals surface area contributed by atoms with Gasteiger partial charge in [-0.05, 0) is 62.7 Å². The molecule has 1 fully saturated rings. The molecule has 3 aromatic rings. The van der Waals surface area contributed by atoms with Gasteiger partial charge in [-0.25, -0.2) is 4.79 Å². The Morgan fingerprint density at radius 2 is 1.77 bits per heavy atom. The lowest BCUT2D eigenvalue weighted by atomic mass is 10.1. The summed E-state index contributed by atoms with van der Waals surface area (Å²) in [4.78, 5) is 46.0. The van der Waals surface area contributed by atoms with Crippen molar-refractivity contribution in [2.24, 2.45) is 16.5 Å². The minimum Gasteiger partial charge on any atom is -0.424 e. The fourth-order valence-corrected chi connectivity index (χ4v) is 4.82. The number of guanidine groups is 1. The van der Waals surface area contributed by atoms with Gasteiger partial charge in [0.05, 0.1) is 6.04 Å². The number of nitrogens with two attached hydrogens (primary N) is 2. The van der Waals surface area contributed by atoms with Crippen LogP contribution in [0.4, 0.5) is 5.69 Å². The van der Waals surface area contributed by atoms with Crippen molar-refractivity contribution in [3.63, 3.8) is 0 Å². The number of fused-ring (bicyclic) bond motifs is 1. The predicted octanol–water partition coefficient (Wildman–Crippen LogP) is 2.46. The number of aliphatic imine (C=N–C) groups is 1. The molecule has 1 saturated heterocycles. The maximum atomic E-state index is 13.6. The van der Waals surface area contributed by atoms with Crippen molar-refractivity contribution in [1.82, 2.24) is 10.6 Å². The van der Waals surface area contributed by atoms with Gasteiger partial charge in [0.25, 0.3) is 0 Å². The molecule has 0 radical (unpaired) electrons. The zero-order chi connectivity index (χ0) is 28.5. The third kappa shape index (κ3) is 7.15. The fourth-order valence-electron chi connectivity index (χ4n) is 4.82. The van der Waals surface area contributed by atoms with Crippen molar-refractivity contribution in [3.05, 3.63) is 72.8 Å². The number of nitrogens with one attached hydrogen (secondary N) is 2. The van der Waals surface area contributed by atoms with Crippen LogP contribution in [-0.2, 0) is 14.4 Å². The van der Waals surface area contributed by atoms with Gasteiger partial charge in [0, 0.05) is 17.6 Å². The molecule has 10 heteroatoms. The first kappa shape index (κ1) is 28.6. The largest absolute Gasteiger partial charge is 0.424 e. The standard InChI is InChI=1S/C30H36N6O4/c1-20(36(22-12-3-2-4-13-22)28(38)24-15-8-18-33-24)27(37)35-25(16-9-19-34-30(31)32)29(39)40-26-17-7-11-21-10-5-6-14-23(21)26/h2-7,10-14,17,20,24-25,33H,8-9,15-16,18-19H2,1H3,(H,35,37)(H4,31,32,34)/t20-,24-,25-/m0/s1. The summed E-state index contributed by atoms with van der Waals surface area (Å²) in [6.45, 7) is 2.69. The molecule has 2 amide bonds. The van der Waals surface area contributed by atoms with Crippen LogP contribution in [0, 0.1) is 0 Å². The van der Waals surface area contributed by atoms with Crippen molar-refractivity contribution in [3.8, 4) is 5.75 Å². The van der Waals surface area contributed by atoms with E-state index in [9.17, 15) is 14.4 Å². The number of carbonyl (C=O) groups is 3. The third-order valence-corrected chi connectivity index (χ3v) is 6.90. The zero-order valence-corrected chi connectivity index (χ0v) is 22.6. The first-order valence-electron chi connectivity index (χ1n) is 13.5. The molecule has 3 atom stereocenters. The number of esters is 1. The molecular weight excluding hydrogens is 508 g/mol. The van der Waals surface area contributed by atoms with Gasteiger partial charge in [-0.3, -0.25) is 19.5 Å². The highest BCUT2D eigenvalue weighted by molar-refractivity contribution is 6.04. The van der Waals surface area contributed by atoms with Crippen LogP contribution < -0.4 is 31.7 Å². The van der Waals surface area contributed by atoms with E-state index >= 15 is 0 Å². The Balaban J connectivity index is 1.54. The minimum atomic E-state index is -0.986. The average Bonchev–Trinajstić information content (AvgIpc) is 3.50. The summed E-state index contributed by atoms with van der Waals surface area (Å²) < 4.78 is 5.79. The molecule has 0 spiro atoms. The predicted molar refractivity (Wildman–Crippen MR) is 156 cm³/mol. The van der Waals surface area contributed by atoms with Crippen LogP contribution >= 0.6 is 0 Å². The Kier molecular flexibility index (Phi) is 9.69. The smallest absolute Gasteiger partial charge is 0.334 e. The van der Waals surface area contributed by atoms with E-state index in [-0.39, 0.29) is 30.9 Å². The van der Waals surface area contributed by atoms with E-state index in [1.54, 1.807) is 31.2 Å². The highest BCUT2D eigenvalue weighted by Crippen LogP contribution is 2.26. The number of hydrogen-bond acceptors (Lipinski definition) is 6. The van der Waals surface area contributed by atoms with Crippen molar-refractivity contribution >= 4 is 40.2 Å². The van der Waals surface area contributed by atoms with E-state index in [4.69, 9.17) is 16.2 Å². The van der Waals surface area contributed by atoms with Gasteiger partial charge in [-0.15, -0.1) is 0 Å². The number of nitrogens with zero attached hydrogens (tertiary/aromatic N) is 2. The maximum absolute atomic E-state index is 13.6. The molecule has 0 bridgehead atoms. The van der Waals surface area contributed by atoms with E-state index in [2.05, 4.69) is 15.6 Å². The fraction of sp³-hybridized carbons (Fsp3) is 0.333. The van der Waals surface area contributed by atoms with Crippen LogP contribution in [-0.4, -0.2) is 55.0 Å². The highest BCUT2D eigenvalue weighted by atomic mass is 16.5. The first-order valence-corrected chi connectivity index (χ1v) is 13.5. The maximum Gasteiger partial charge on any atom is 0.334 e. The van der Waals surface area contributed by atoms with Gasteiger partial charge in [0.1, 0.15) is 17.8 Å². The Morgan fingerprint density at radius 1 is 1.05 bits per heavy atom. The summed E-state index contributed by atoms with van der Waals surface area (Å²) in [6.07, 6.45) is 2.25. The van der Waals surface area contributed by atoms with Crippen LogP contribution in [0.3, 0.4) is 0 Å². The Labute approximate surface area is 233 Å². The lowest BCUT2D eigenvalue weighted by molar-refractivity contribution is -0.139. The van der Waals surface area contributed by atoms with E-state index in [1.165, 1.54) is 4.90 Å². The highest BCUT2D eigenvalue weighted by Gasteiger charge is 2.35. The molecule has 0 saturated carbocycles. The number of anilines is 1. The molecule has 0 aromatic heterocycles. The summed E-state index contributed by atoms with van der Waals surface area (Å²) in [6, 6.07) is 19.8. The zero-order valence-electron chi connectivity index (χ0n) is 22.6. The monoisotopic (exact) mass is 544 g/mol. The lowest BCUT2D eigenvalue weighted by Crippen LogP contribution is -2.56. The van der Waals surface area contributed by atoms with Gasteiger partial charge in [-0.1, -0.05) is 54.6 Å². The number of amides is 2. The van der Waals surface area contributed by atoms with E-state index in [1.807, 2.05) is 48.5 Å². The number of carbonyl (C=O) groups excluding carboxylic acids is 3. The summed E-state index contributed by atoms with van der Waals surface area (Å²) in [5.74, 6) is -0.930. The number of para-hydroxylation sites is 1. The number of benzene rings is 3. The van der Waals surface area contributed by atoms with Crippen LogP contribution in [0.1, 0.15) is 32.6 Å². The summed E-state index contributed by atoms with van der Waals surface area (Å²) in [7, 11) is 0. The number of hydrogen-bond donors (Lipinski definition) is 4. The van der Waals surface area contributed by atoms with Crippen LogP contribution in [0.15, 0.2) is 77.8 Å². The molecule has 10 nitrogen and oxygen atoms in total. The molecule has 0 aliphatic carbocycles. The molecular formula is C30H36N6O4. The topological polar surface area (TPSA) is 152 Å².